The molecule has 0 aliphatic rings. The molecule has 112 valence electrons. The molecule has 0 unspecified atom stereocenters. The highest BCUT2D eigenvalue weighted by Gasteiger charge is 2.20. The van der Waals surface area contributed by atoms with Crippen LogP contribution in [0.4, 0.5) is 4.39 Å². The van der Waals surface area contributed by atoms with Crippen LogP contribution in [-0.4, -0.2) is 49.4 Å². The Bertz CT molecular complexity index is 463. The molecular formula is C15H23FN2OS. The van der Waals surface area contributed by atoms with E-state index in [9.17, 15) is 9.18 Å². The van der Waals surface area contributed by atoms with Crippen LogP contribution in [0.5, 0.6) is 0 Å². The fourth-order valence-corrected chi connectivity index (χ4v) is 2.09. The summed E-state index contributed by atoms with van der Waals surface area (Å²) in [6, 6.07) is 4.32. The molecule has 0 aliphatic heterocycles. The van der Waals surface area contributed by atoms with Gasteiger partial charge in [-0.15, -0.1) is 12.6 Å². The van der Waals surface area contributed by atoms with E-state index in [2.05, 4.69) is 12.6 Å². The molecule has 1 rings (SSSR count). The first-order valence-electron chi connectivity index (χ1n) is 6.73. The lowest BCUT2D eigenvalue weighted by Gasteiger charge is -2.26. The average molecular weight is 298 g/mol. The summed E-state index contributed by atoms with van der Waals surface area (Å²) in [6.45, 7) is 6.03. The predicted molar refractivity (Wildman–Crippen MR) is 82.9 cm³/mol. The molecule has 0 bridgehead atoms. The standard InChI is InChI=1S/C15H23FN2OS/c1-11(2)10-18(8-7-17(3)4)15(19)13-9-12(20)5-6-14(13)16/h5-6,9,11,20H,7-8,10H2,1-4H3. The van der Waals surface area contributed by atoms with E-state index < -0.39 is 5.82 Å². The maximum absolute atomic E-state index is 13.8. The Kier molecular flexibility index (Phi) is 6.49. The molecule has 0 fully saturated rings. The first kappa shape index (κ1) is 17.0. The molecule has 0 aromatic heterocycles. The van der Waals surface area contributed by atoms with Crippen LogP contribution >= 0.6 is 12.6 Å². The number of carbonyl (C=O) groups is 1. The van der Waals surface area contributed by atoms with Crippen LogP contribution in [0.3, 0.4) is 0 Å². The van der Waals surface area contributed by atoms with Gasteiger partial charge in [0, 0.05) is 24.5 Å². The SMILES string of the molecule is CC(C)CN(CCN(C)C)C(=O)c1cc(S)ccc1F. The van der Waals surface area contributed by atoms with Crippen LogP contribution in [-0.2, 0) is 0 Å². The van der Waals surface area contributed by atoms with Gasteiger partial charge >= 0.3 is 0 Å². The minimum absolute atomic E-state index is 0.0944. The number of hydrogen-bond donors (Lipinski definition) is 1. The van der Waals surface area contributed by atoms with Crippen LogP contribution in [0.25, 0.3) is 0 Å². The van der Waals surface area contributed by atoms with E-state index in [0.29, 0.717) is 23.9 Å². The molecule has 3 nitrogen and oxygen atoms in total. The fraction of sp³-hybridized carbons (Fsp3) is 0.533. The number of carbonyl (C=O) groups excluding carboxylic acids is 1. The number of likely N-dealkylation sites (N-methyl/N-ethyl adjacent to an activating group) is 1. The predicted octanol–water partition coefficient (Wildman–Crippen LogP) is 2.77. The van der Waals surface area contributed by atoms with Crippen LogP contribution in [0, 0.1) is 11.7 Å². The third-order valence-corrected chi connectivity index (χ3v) is 3.15. The number of nitrogens with zero attached hydrogens (tertiary/aromatic N) is 2. The molecule has 20 heavy (non-hydrogen) atoms. The number of rotatable bonds is 6. The van der Waals surface area contributed by atoms with Gasteiger partial charge in [-0.3, -0.25) is 4.79 Å². The van der Waals surface area contributed by atoms with Crippen LogP contribution in [0.1, 0.15) is 24.2 Å². The van der Waals surface area contributed by atoms with Gasteiger partial charge in [0.2, 0.25) is 0 Å². The molecule has 0 radical (unpaired) electrons. The monoisotopic (exact) mass is 298 g/mol. The van der Waals surface area contributed by atoms with E-state index >= 15 is 0 Å². The van der Waals surface area contributed by atoms with E-state index in [1.807, 2.05) is 32.8 Å². The second-order valence-corrected chi connectivity index (χ2v) is 6.13. The molecule has 0 saturated heterocycles. The fourth-order valence-electron chi connectivity index (χ4n) is 1.88. The Morgan fingerprint density at radius 2 is 1.95 bits per heavy atom. The van der Waals surface area contributed by atoms with Gasteiger partial charge in [-0.2, -0.15) is 0 Å². The largest absolute Gasteiger partial charge is 0.337 e. The molecule has 1 amide bonds. The summed E-state index contributed by atoms with van der Waals surface area (Å²) in [6.07, 6.45) is 0. The smallest absolute Gasteiger partial charge is 0.256 e. The van der Waals surface area contributed by atoms with E-state index in [0.717, 1.165) is 6.54 Å². The molecule has 1 aromatic carbocycles. The van der Waals surface area contributed by atoms with E-state index in [1.165, 1.54) is 12.1 Å². The van der Waals surface area contributed by atoms with Gasteiger partial charge < -0.3 is 9.80 Å². The normalized spacial score (nSPS) is 11.2. The Morgan fingerprint density at radius 1 is 1.30 bits per heavy atom. The Hall–Kier alpha value is -1.07. The average Bonchev–Trinajstić information content (AvgIpc) is 2.36. The summed E-state index contributed by atoms with van der Waals surface area (Å²) in [5.74, 6) is -0.427. The van der Waals surface area contributed by atoms with Crippen molar-refractivity contribution in [2.24, 2.45) is 5.92 Å². The highest BCUT2D eigenvalue weighted by atomic mass is 32.1. The summed E-state index contributed by atoms with van der Waals surface area (Å²) in [5.41, 5.74) is 0.0944. The first-order valence-corrected chi connectivity index (χ1v) is 7.18. The van der Waals surface area contributed by atoms with Crippen LogP contribution in [0.15, 0.2) is 23.1 Å². The summed E-state index contributed by atoms with van der Waals surface area (Å²) in [7, 11) is 3.90. The minimum atomic E-state index is -0.494. The second kappa shape index (κ2) is 7.64. The number of thiol groups is 1. The van der Waals surface area contributed by atoms with Gasteiger partial charge in [0.25, 0.3) is 5.91 Å². The molecule has 0 heterocycles. The van der Waals surface area contributed by atoms with Gasteiger partial charge in [0.1, 0.15) is 5.82 Å². The van der Waals surface area contributed by atoms with Gasteiger partial charge in [0.15, 0.2) is 0 Å². The lowest BCUT2D eigenvalue weighted by atomic mass is 10.1. The Labute approximate surface area is 126 Å². The summed E-state index contributed by atoms with van der Waals surface area (Å²) in [4.78, 5) is 16.8. The lowest BCUT2D eigenvalue weighted by Crippen LogP contribution is -2.39. The number of benzene rings is 1. The molecule has 0 N–H and O–H groups in total. The van der Waals surface area contributed by atoms with E-state index in [4.69, 9.17) is 0 Å². The number of amides is 1. The molecule has 0 atom stereocenters. The van der Waals surface area contributed by atoms with Gasteiger partial charge in [0.05, 0.1) is 5.56 Å². The van der Waals surface area contributed by atoms with Gasteiger partial charge in [-0.25, -0.2) is 4.39 Å². The minimum Gasteiger partial charge on any atom is -0.337 e. The van der Waals surface area contributed by atoms with Gasteiger partial charge in [-0.1, -0.05) is 13.8 Å². The van der Waals surface area contributed by atoms with Crippen molar-refractivity contribution >= 4 is 18.5 Å². The van der Waals surface area contributed by atoms with Crippen molar-refractivity contribution in [3.05, 3.63) is 29.6 Å². The lowest BCUT2D eigenvalue weighted by molar-refractivity contribution is 0.0719. The summed E-state index contributed by atoms with van der Waals surface area (Å²) in [5, 5.41) is 0. The van der Waals surface area contributed by atoms with Crippen molar-refractivity contribution in [2.45, 2.75) is 18.7 Å². The zero-order chi connectivity index (χ0) is 15.3. The maximum atomic E-state index is 13.8. The zero-order valence-electron chi connectivity index (χ0n) is 12.6. The number of halogens is 1. The number of hydrogen-bond acceptors (Lipinski definition) is 3. The molecule has 5 heteroatoms. The van der Waals surface area contributed by atoms with Crippen molar-refractivity contribution in [1.82, 2.24) is 9.80 Å². The second-order valence-electron chi connectivity index (χ2n) is 5.61. The topological polar surface area (TPSA) is 23.6 Å². The van der Waals surface area contributed by atoms with Crippen molar-refractivity contribution in [1.29, 1.82) is 0 Å². The first-order chi connectivity index (χ1) is 9.31. The van der Waals surface area contributed by atoms with Crippen LogP contribution in [0.2, 0.25) is 0 Å². The summed E-state index contributed by atoms with van der Waals surface area (Å²) < 4.78 is 13.8. The molecule has 0 spiro atoms. The van der Waals surface area contributed by atoms with Crippen molar-refractivity contribution in [3.8, 4) is 0 Å². The molecule has 0 aliphatic carbocycles. The Morgan fingerprint density at radius 3 is 2.50 bits per heavy atom. The third-order valence-electron chi connectivity index (χ3n) is 2.87. The highest BCUT2D eigenvalue weighted by molar-refractivity contribution is 7.80. The van der Waals surface area contributed by atoms with Gasteiger partial charge in [-0.05, 0) is 38.2 Å². The zero-order valence-corrected chi connectivity index (χ0v) is 13.5. The van der Waals surface area contributed by atoms with E-state index in [-0.39, 0.29) is 11.5 Å². The van der Waals surface area contributed by atoms with Crippen molar-refractivity contribution in [2.75, 3.05) is 33.7 Å². The molecular weight excluding hydrogens is 275 g/mol. The van der Waals surface area contributed by atoms with Crippen molar-refractivity contribution < 1.29 is 9.18 Å². The molecule has 1 aromatic rings. The molecule has 0 saturated carbocycles. The third kappa shape index (κ3) is 5.13. The Balaban J connectivity index is 2.93. The van der Waals surface area contributed by atoms with E-state index in [1.54, 1.807) is 11.0 Å². The summed E-state index contributed by atoms with van der Waals surface area (Å²) >= 11 is 4.17. The quantitative estimate of drug-likeness (QED) is 0.816. The van der Waals surface area contributed by atoms with Crippen molar-refractivity contribution in [3.63, 3.8) is 0 Å². The maximum Gasteiger partial charge on any atom is 0.256 e. The van der Waals surface area contributed by atoms with Crippen LogP contribution < -0.4 is 0 Å². The highest BCUT2D eigenvalue weighted by Crippen LogP contribution is 2.16.